The number of methoxy groups -OCH3 is 2. The number of amides is 1. The van der Waals surface area contributed by atoms with Crippen LogP contribution in [0.25, 0.3) is 16.7 Å². The van der Waals surface area contributed by atoms with Gasteiger partial charge in [-0.25, -0.2) is 14.8 Å². The third kappa shape index (κ3) is 6.04. The molecule has 1 amide bonds. The monoisotopic (exact) mass is 551 g/mol. The van der Waals surface area contributed by atoms with Crippen molar-refractivity contribution in [3.8, 4) is 5.75 Å². The normalized spacial score (nSPS) is 12.2. The molecule has 0 atom stereocenters. The number of hydrogen-bond donors (Lipinski definition) is 2. The van der Waals surface area contributed by atoms with E-state index in [0.717, 1.165) is 0 Å². The Balaban J connectivity index is 1.83. The van der Waals surface area contributed by atoms with Crippen LogP contribution >= 0.6 is 0 Å². The van der Waals surface area contributed by atoms with Crippen molar-refractivity contribution < 1.29 is 37.3 Å². The molecule has 0 unspecified atom stereocenters. The number of esters is 1. The third-order valence-electron chi connectivity index (χ3n) is 5.44. The number of azo groups is 1. The number of carbonyl (C=O) groups is 2. The summed E-state index contributed by atoms with van der Waals surface area (Å²) in [5.41, 5.74) is -0.426. The Kier molecular flexibility index (Phi) is 8.03. The standard InChI is InChI=1S/C27H20F3N5O5/c1-39-20-13-12-16(25(38)40-2)14-19(20)31-24(37)21(22(36)15-8-4-3-5-9-15)34-35-23-17-10-6-7-11-18(17)32-26(33-23)27(28,29)30/h3-14,36H,1-2H3,(H,31,37)/b22-21+,35-34?. The molecule has 0 aliphatic carbocycles. The number of anilines is 1. The molecule has 0 aliphatic rings. The average molecular weight is 551 g/mol. The third-order valence-corrected chi connectivity index (χ3v) is 5.44. The van der Waals surface area contributed by atoms with Gasteiger partial charge < -0.3 is 19.9 Å². The Bertz CT molecular complexity index is 1640. The highest BCUT2D eigenvalue weighted by atomic mass is 19.4. The number of aliphatic hydroxyl groups is 1. The van der Waals surface area contributed by atoms with Gasteiger partial charge in [-0.1, -0.05) is 42.5 Å². The second kappa shape index (κ2) is 11.6. The van der Waals surface area contributed by atoms with Gasteiger partial charge >= 0.3 is 12.1 Å². The maximum atomic E-state index is 13.4. The van der Waals surface area contributed by atoms with Gasteiger partial charge in [-0.2, -0.15) is 13.2 Å². The van der Waals surface area contributed by atoms with Gasteiger partial charge in [0.1, 0.15) is 5.75 Å². The number of carbonyl (C=O) groups excluding carboxylic acids is 2. The van der Waals surface area contributed by atoms with E-state index in [1.807, 2.05) is 0 Å². The van der Waals surface area contributed by atoms with Gasteiger partial charge in [0.25, 0.3) is 5.91 Å². The smallest absolute Gasteiger partial charge is 0.451 e. The highest BCUT2D eigenvalue weighted by Gasteiger charge is 2.35. The van der Waals surface area contributed by atoms with E-state index in [-0.39, 0.29) is 33.5 Å². The topological polar surface area (TPSA) is 135 Å². The second-order valence-electron chi connectivity index (χ2n) is 8.01. The van der Waals surface area contributed by atoms with E-state index in [2.05, 4.69) is 25.5 Å². The van der Waals surface area contributed by atoms with E-state index in [1.165, 1.54) is 62.8 Å². The van der Waals surface area contributed by atoms with Gasteiger partial charge in [0.2, 0.25) is 5.82 Å². The largest absolute Gasteiger partial charge is 0.505 e. The van der Waals surface area contributed by atoms with Crippen LogP contribution in [0.15, 0.2) is 88.7 Å². The lowest BCUT2D eigenvalue weighted by Gasteiger charge is -2.12. The van der Waals surface area contributed by atoms with Gasteiger partial charge in [-0.15, -0.1) is 10.2 Å². The molecule has 4 rings (SSSR count). The molecule has 0 radical (unpaired) electrons. The van der Waals surface area contributed by atoms with Crippen LogP contribution in [0.5, 0.6) is 5.75 Å². The summed E-state index contributed by atoms with van der Waals surface area (Å²) < 4.78 is 50.3. The lowest BCUT2D eigenvalue weighted by atomic mass is 10.1. The number of para-hydroxylation sites is 1. The zero-order valence-electron chi connectivity index (χ0n) is 20.9. The maximum absolute atomic E-state index is 13.4. The Morgan fingerprint density at radius 1 is 0.925 bits per heavy atom. The van der Waals surface area contributed by atoms with Gasteiger partial charge in [-0.05, 0) is 30.3 Å². The number of nitrogens with one attached hydrogen (secondary N) is 1. The molecule has 1 aromatic heterocycles. The predicted molar refractivity (Wildman–Crippen MR) is 138 cm³/mol. The number of alkyl halides is 3. The first kappa shape index (κ1) is 27.7. The minimum atomic E-state index is -4.88. The number of nitrogens with zero attached hydrogens (tertiary/aromatic N) is 4. The van der Waals surface area contributed by atoms with Crippen molar-refractivity contribution in [3.05, 3.63) is 95.4 Å². The molecule has 0 aliphatic heterocycles. The number of benzene rings is 3. The number of aliphatic hydroxyl groups excluding tert-OH is 1. The molecular weight excluding hydrogens is 531 g/mol. The molecule has 0 spiro atoms. The summed E-state index contributed by atoms with van der Waals surface area (Å²) in [6, 6.07) is 17.8. The number of rotatable bonds is 7. The molecule has 0 saturated carbocycles. The molecule has 40 heavy (non-hydrogen) atoms. The molecule has 0 fully saturated rings. The van der Waals surface area contributed by atoms with E-state index in [0.29, 0.717) is 0 Å². The van der Waals surface area contributed by atoms with Gasteiger partial charge in [0.05, 0.1) is 31.0 Å². The molecular formula is C27H20F3N5O5. The van der Waals surface area contributed by atoms with Crippen molar-refractivity contribution in [3.63, 3.8) is 0 Å². The lowest BCUT2D eigenvalue weighted by Crippen LogP contribution is -2.16. The van der Waals surface area contributed by atoms with E-state index < -0.39 is 41.2 Å². The summed E-state index contributed by atoms with van der Waals surface area (Å²) in [6.07, 6.45) is -4.88. The van der Waals surface area contributed by atoms with Crippen LogP contribution in [0.3, 0.4) is 0 Å². The fraction of sp³-hybridized carbons (Fsp3) is 0.111. The highest BCUT2D eigenvalue weighted by Crippen LogP contribution is 2.32. The van der Waals surface area contributed by atoms with Crippen molar-refractivity contribution in [1.29, 1.82) is 0 Å². The molecule has 204 valence electrons. The summed E-state index contributed by atoms with van der Waals surface area (Å²) in [5.74, 6) is -4.09. The Morgan fingerprint density at radius 3 is 2.30 bits per heavy atom. The number of halogens is 3. The van der Waals surface area contributed by atoms with E-state index in [1.54, 1.807) is 24.3 Å². The molecule has 4 aromatic rings. The molecule has 10 nitrogen and oxygen atoms in total. The first-order valence-electron chi connectivity index (χ1n) is 11.4. The van der Waals surface area contributed by atoms with Crippen LogP contribution in [0.2, 0.25) is 0 Å². The molecule has 3 aromatic carbocycles. The molecule has 13 heteroatoms. The number of aromatic nitrogens is 2. The predicted octanol–water partition coefficient (Wildman–Crippen LogP) is 6.09. The minimum absolute atomic E-state index is 0.0239. The van der Waals surface area contributed by atoms with Gasteiger partial charge in [0, 0.05) is 10.9 Å². The summed E-state index contributed by atoms with van der Waals surface area (Å²) >= 11 is 0. The number of fused-ring (bicyclic) bond motifs is 1. The molecule has 2 N–H and O–H groups in total. The van der Waals surface area contributed by atoms with Crippen molar-refractivity contribution in [2.24, 2.45) is 10.2 Å². The van der Waals surface area contributed by atoms with Crippen LogP contribution in [0.4, 0.5) is 24.7 Å². The highest BCUT2D eigenvalue weighted by molar-refractivity contribution is 6.08. The SMILES string of the molecule is COC(=O)c1ccc(OC)c(NC(=O)/C(N=Nc2nc(C(F)(F)F)nc3ccccc23)=C(\O)c2ccccc2)c1. The van der Waals surface area contributed by atoms with Crippen LogP contribution in [0.1, 0.15) is 21.7 Å². The van der Waals surface area contributed by atoms with Gasteiger partial charge in [0.15, 0.2) is 17.3 Å². The van der Waals surface area contributed by atoms with Crippen LogP contribution in [0, 0.1) is 0 Å². The Labute approximate surface area is 224 Å². The van der Waals surface area contributed by atoms with Crippen molar-refractivity contribution >= 4 is 40.0 Å². The van der Waals surface area contributed by atoms with Crippen molar-refractivity contribution in [2.45, 2.75) is 6.18 Å². The summed E-state index contributed by atoms with van der Waals surface area (Å²) in [4.78, 5) is 32.4. The minimum Gasteiger partial charge on any atom is -0.505 e. The average Bonchev–Trinajstić information content (AvgIpc) is 2.96. The summed E-state index contributed by atoms with van der Waals surface area (Å²) in [5, 5.41) is 21.2. The molecule has 1 heterocycles. The van der Waals surface area contributed by atoms with E-state index in [4.69, 9.17) is 9.47 Å². The first-order chi connectivity index (χ1) is 19.1. The van der Waals surface area contributed by atoms with Crippen LogP contribution in [-0.2, 0) is 15.7 Å². The summed E-state index contributed by atoms with van der Waals surface area (Å²) in [6.45, 7) is 0. The number of ether oxygens (including phenoxy) is 2. The fourth-order valence-corrected chi connectivity index (χ4v) is 3.53. The van der Waals surface area contributed by atoms with Crippen LogP contribution < -0.4 is 10.1 Å². The Morgan fingerprint density at radius 2 is 1.62 bits per heavy atom. The quantitative estimate of drug-likeness (QED) is 0.123. The van der Waals surface area contributed by atoms with Crippen LogP contribution in [-0.4, -0.2) is 41.2 Å². The van der Waals surface area contributed by atoms with E-state index >= 15 is 0 Å². The zero-order valence-corrected chi connectivity index (χ0v) is 20.9. The number of hydrogen-bond acceptors (Lipinski definition) is 9. The second-order valence-corrected chi connectivity index (χ2v) is 8.01. The van der Waals surface area contributed by atoms with Gasteiger partial charge in [-0.3, -0.25) is 4.79 Å². The Hall–Kier alpha value is -5.33. The van der Waals surface area contributed by atoms with Crippen molar-refractivity contribution in [2.75, 3.05) is 19.5 Å². The lowest BCUT2D eigenvalue weighted by molar-refractivity contribution is -0.144. The zero-order chi connectivity index (χ0) is 28.9. The van der Waals surface area contributed by atoms with Crippen molar-refractivity contribution in [1.82, 2.24) is 9.97 Å². The summed E-state index contributed by atoms with van der Waals surface area (Å²) in [7, 11) is 2.52. The van der Waals surface area contributed by atoms with E-state index in [9.17, 15) is 27.9 Å². The first-order valence-corrected chi connectivity index (χ1v) is 11.4. The fourth-order valence-electron chi connectivity index (χ4n) is 3.53. The maximum Gasteiger partial charge on any atom is 0.451 e. The molecule has 0 saturated heterocycles. The molecule has 0 bridgehead atoms.